The lowest BCUT2D eigenvalue weighted by atomic mass is 9.90. The number of fused-ring (bicyclic) bond motifs is 1. The maximum absolute atomic E-state index is 10.8. The zero-order valence-electron chi connectivity index (χ0n) is 12.7. The van der Waals surface area contributed by atoms with Gasteiger partial charge in [0.2, 0.25) is 0 Å². The maximum atomic E-state index is 10.8. The van der Waals surface area contributed by atoms with E-state index in [9.17, 15) is 5.11 Å². The van der Waals surface area contributed by atoms with Crippen LogP contribution in [0.15, 0.2) is 18.2 Å². The minimum Gasteiger partial charge on any atom is -0.491 e. The van der Waals surface area contributed by atoms with Crippen LogP contribution in [0.25, 0.3) is 0 Å². The molecule has 1 N–H and O–H groups in total. The first-order valence-corrected chi connectivity index (χ1v) is 7.77. The van der Waals surface area contributed by atoms with E-state index in [4.69, 9.17) is 4.74 Å². The first-order valence-electron chi connectivity index (χ1n) is 7.77. The van der Waals surface area contributed by atoms with Gasteiger partial charge in [0.15, 0.2) is 0 Å². The van der Waals surface area contributed by atoms with E-state index in [0.717, 1.165) is 16.9 Å². The molecule has 0 radical (unpaired) electrons. The topological polar surface area (TPSA) is 32.7 Å². The Morgan fingerprint density at radius 3 is 2.60 bits per heavy atom. The second-order valence-electron chi connectivity index (χ2n) is 6.39. The van der Waals surface area contributed by atoms with Crippen LogP contribution in [0.2, 0.25) is 0 Å². The second kappa shape index (κ2) is 5.38. The van der Waals surface area contributed by atoms with Crippen LogP contribution in [0.3, 0.4) is 0 Å². The van der Waals surface area contributed by atoms with Gasteiger partial charge in [-0.2, -0.15) is 0 Å². The summed E-state index contributed by atoms with van der Waals surface area (Å²) >= 11 is 0. The molecule has 0 aliphatic carbocycles. The molecule has 0 amide bonds. The van der Waals surface area contributed by atoms with Crippen LogP contribution in [0.4, 0.5) is 0 Å². The van der Waals surface area contributed by atoms with Gasteiger partial charge in [-0.25, -0.2) is 0 Å². The van der Waals surface area contributed by atoms with E-state index >= 15 is 0 Å². The first kappa shape index (κ1) is 13.9. The molecule has 0 saturated carbocycles. The van der Waals surface area contributed by atoms with E-state index in [1.54, 1.807) is 0 Å². The van der Waals surface area contributed by atoms with Crippen LogP contribution in [-0.2, 0) is 0 Å². The van der Waals surface area contributed by atoms with Crippen LogP contribution < -0.4 is 4.74 Å². The molecule has 2 aliphatic rings. The number of benzene rings is 1. The molecule has 3 rings (SSSR count). The maximum Gasteiger partial charge on any atom is 0.128 e. The van der Waals surface area contributed by atoms with Crippen molar-refractivity contribution in [3.8, 4) is 5.75 Å². The summed E-state index contributed by atoms with van der Waals surface area (Å²) in [5.74, 6) is 0.883. The van der Waals surface area contributed by atoms with Crippen LogP contribution in [-0.4, -0.2) is 34.7 Å². The Hall–Kier alpha value is -1.06. The molecule has 1 saturated heterocycles. The zero-order valence-corrected chi connectivity index (χ0v) is 12.7. The molecule has 1 aromatic carbocycles. The Labute approximate surface area is 121 Å². The van der Waals surface area contributed by atoms with E-state index in [0.29, 0.717) is 18.7 Å². The molecule has 4 unspecified atom stereocenters. The van der Waals surface area contributed by atoms with Crippen LogP contribution in [0.5, 0.6) is 5.75 Å². The predicted octanol–water partition coefficient (Wildman–Crippen LogP) is 3.05. The first-order chi connectivity index (χ1) is 9.59. The van der Waals surface area contributed by atoms with Crippen LogP contribution in [0.1, 0.15) is 50.3 Å². The SMILES string of the molecule is Cc1cccc2c1OCC(N1C(C)CCCC1C)C2O. The third kappa shape index (κ3) is 2.23. The number of aliphatic hydroxyl groups is 1. The van der Waals surface area contributed by atoms with Crippen molar-refractivity contribution in [1.82, 2.24) is 4.90 Å². The van der Waals surface area contributed by atoms with E-state index in [-0.39, 0.29) is 6.04 Å². The summed E-state index contributed by atoms with van der Waals surface area (Å²) in [5, 5.41) is 10.8. The standard InChI is InChI=1S/C17H25NO2/c1-11-6-4-9-14-16(19)15(10-20-17(11)14)18-12(2)7-5-8-13(18)3/h4,6,9,12-13,15-16,19H,5,7-8,10H2,1-3H3. The quantitative estimate of drug-likeness (QED) is 0.855. The summed E-state index contributed by atoms with van der Waals surface area (Å²) in [4.78, 5) is 2.47. The number of likely N-dealkylation sites (tertiary alicyclic amines) is 1. The van der Waals surface area contributed by atoms with Gasteiger partial charge < -0.3 is 9.84 Å². The predicted molar refractivity (Wildman–Crippen MR) is 80.0 cm³/mol. The van der Waals surface area contributed by atoms with Crippen LogP contribution in [0, 0.1) is 6.92 Å². The summed E-state index contributed by atoms with van der Waals surface area (Å²) in [6, 6.07) is 7.17. The van der Waals surface area contributed by atoms with Crippen LogP contribution >= 0.6 is 0 Å². The molecule has 0 aromatic heterocycles. The number of piperidine rings is 1. The number of hydrogen-bond acceptors (Lipinski definition) is 3. The van der Waals surface area contributed by atoms with Gasteiger partial charge in [-0.1, -0.05) is 24.6 Å². The molecule has 3 nitrogen and oxygen atoms in total. The van der Waals surface area contributed by atoms with Crippen molar-refractivity contribution in [2.45, 2.75) is 64.3 Å². The summed E-state index contributed by atoms with van der Waals surface area (Å²) in [6.07, 6.45) is 3.28. The smallest absolute Gasteiger partial charge is 0.128 e. The molecular formula is C17H25NO2. The highest BCUT2D eigenvalue weighted by Crippen LogP contribution is 2.39. The minimum atomic E-state index is -0.443. The second-order valence-corrected chi connectivity index (χ2v) is 6.39. The van der Waals surface area contributed by atoms with Gasteiger partial charge in [-0.15, -0.1) is 0 Å². The fraction of sp³-hybridized carbons (Fsp3) is 0.647. The fourth-order valence-corrected chi connectivity index (χ4v) is 3.92. The molecule has 0 spiro atoms. The average Bonchev–Trinajstić information content (AvgIpc) is 2.42. The van der Waals surface area contributed by atoms with Crippen molar-refractivity contribution in [2.24, 2.45) is 0 Å². The van der Waals surface area contributed by atoms with Crippen molar-refractivity contribution in [2.75, 3.05) is 6.61 Å². The Balaban J connectivity index is 1.90. The molecular weight excluding hydrogens is 250 g/mol. The molecule has 20 heavy (non-hydrogen) atoms. The highest BCUT2D eigenvalue weighted by molar-refractivity contribution is 5.44. The van der Waals surface area contributed by atoms with Gasteiger partial charge in [-0.3, -0.25) is 4.90 Å². The molecule has 110 valence electrons. The molecule has 2 heterocycles. The van der Waals surface area contributed by atoms with E-state index in [1.165, 1.54) is 19.3 Å². The van der Waals surface area contributed by atoms with E-state index < -0.39 is 6.10 Å². The lowest BCUT2D eigenvalue weighted by Crippen LogP contribution is -2.55. The van der Waals surface area contributed by atoms with Gasteiger partial charge in [0.25, 0.3) is 0 Å². The number of ether oxygens (including phenoxy) is 1. The summed E-state index contributed by atoms with van der Waals surface area (Å²) in [5.41, 5.74) is 2.06. The third-order valence-corrected chi connectivity index (χ3v) is 4.97. The fourth-order valence-electron chi connectivity index (χ4n) is 3.92. The van der Waals surface area contributed by atoms with Gasteiger partial charge in [0.05, 0.1) is 6.04 Å². The number of rotatable bonds is 1. The molecule has 0 bridgehead atoms. The number of aliphatic hydroxyl groups excluding tert-OH is 1. The monoisotopic (exact) mass is 275 g/mol. The molecule has 4 atom stereocenters. The van der Waals surface area contributed by atoms with Crippen molar-refractivity contribution in [3.63, 3.8) is 0 Å². The van der Waals surface area contributed by atoms with E-state index in [1.807, 2.05) is 25.1 Å². The number of aryl methyl sites for hydroxylation is 1. The number of nitrogens with zero attached hydrogens (tertiary/aromatic N) is 1. The van der Waals surface area contributed by atoms with Gasteiger partial charge in [0.1, 0.15) is 18.5 Å². The third-order valence-electron chi connectivity index (χ3n) is 4.97. The Morgan fingerprint density at radius 1 is 1.20 bits per heavy atom. The Kier molecular flexibility index (Phi) is 3.74. The van der Waals surface area contributed by atoms with Crippen molar-refractivity contribution < 1.29 is 9.84 Å². The van der Waals surface area contributed by atoms with Crippen molar-refractivity contribution in [1.29, 1.82) is 0 Å². The summed E-state index contributed by atoms with van der Waals surface area (Å²) in [6.45, 7) is 7.17. The highest BCUT2D eigenvalue weighted by atomic mass is 16.5. The molecule has 2 aliphatic heterocycles. The molecule has 3 heteroatoms. The molecule has 1 fully saturated rings. The lowest BCUT2D eigenvalue weighted by Gasteiger charge is -2.47. The zero-order chi connectivity index (χ0) is 14.3. The van der Waals surface area contributed by atoms with Gasteiger partial charge in [0, 0.05) is 17.6 Å². The summed E-state index contributed by atoms with van der Waals surface area (Å²) in [7, 11) is 0. The Morgan fingerprint density at radius 2 is 1.90 bits per heavy atom. The normalized spacial score (nSPS) is 34.4. The Bertz CT molecular complexity index is 478. The largest absolute Gasteiger partial charge is 0.491 e. The average molecular weight is 275 g/mol. The van der Waals surface area contributed by atoms with Gasteiger partial charge in [-0.05, 0) is 39.2 Å². The minimum absolute atomic E-state index is 0.0783. The summed E-state index contributed by atoms with van der Waals surface area (Å²) < 4.78 is 5.99. The number of para-hydroxylation sites is 1. The lowest BCUT2D eigenvalue weighted by molar-refractivity contribution is -0.0472. The van der Waals surface area contributed by atoms with Gasteiger partial charge >= 0.3 is 0 Å². The highest BCUT2D eigenvalue weighted by Gasteiger charge is 2.39. The van der Waals surface area contributed by atoms with Crippen molar-refractivity contribution >= 4 is 0 Å². The van der Waals surface area contributed by atoms with Crippen molar-refractivity contribution in [3.05, 3.63) is 29.3 Å². The van der Waals surface area contributed by atoms with E-state index in [2.05, 4.69) is 18.7 Å². The number of hydrogen-bond donors (Lipinski definition) is 1. The molecule has 1 aromatic rings.